The molecular weight excluding hydrogens is 496 g/mol. The number of fused-ring (bicyclic) bond motifs is 3. The summed E-state index contributed by atoms with van der Waals surface area (Å²) in [4.78, 5) is 5.11. The zero-order valence-electron chi connectivity index (χ0n) is 23.5. The summed E-state index contributed by atoms with van der Waals surface area (Å²) in [6.07, 6.45) is 1.85. The number of anilines is 1. The maximum Gasteiger partial charge on any atom is 0.404 e. The van der Waals surface area contributed by atoms with Crippen molar-refractivity contribution in [3.05, 3.63) is 102 Å². The van der Waals surface area contributed by atoms with Gasteiger partial charge >= 0.3 is 5.95 Å². The monoisotopic (exact) mass is 536 g/mol. The van der Waals surface area contributed by atoms with Gasteiger partial charge in [0.05, 0.1) is 45.0 Å². The number of likely N-dealkylation sites (N-methyl/N-ethyl adjacent to an activating group) is 1. The lowest BCUT2D eigenvalue weighted by Crippen LogP contribution is -2.68. The molecule has 3 aliphatic heterocycles. The van der Waals surface area contributed by atoms with Crippen LogP contribution in [0.2, 0.25) is 0 Å². The van der Waals surface area contributed by atoms with Gasteiger partial charge in [-0.2, -0.15) is 0 Å². The van der Waals surface area contributed by atoms with Gasteiger partial charge in [0.15, 0.2) is 0 Å². The van der Waals surface area contributed by atoms with Crippen LogP contribution >= 0.6 is 0 Å². The number of nitrogens with zero attached hydrogens (tertiary/aromatic N) is 8. The van der Waals surface area contributed by atoms with E-state index >= 15 is 0 Å². The fourth-order valence-electron chi connectivity index (χ4n) is 5.95. The van der Waals surface area contributed by atoms with Crippen LogP contribution in [0, 0.1) is 0 Å². The average Bonchev–Trinajstić information content (AvgIpc) is 3.39. The molecule has 0 saturated carbocycles. The van der Waals surface area contributed by atoms with Crippen molar-refractivity contribution < 1.29 is 9.05 Å². The Morgan fingerprint density at radius 2 is 1.48 bits per heavy atom. The molecule has 2 bridgehead atoms. The zero-order chi connectivity index (χ0) is 27.2. The maximum absolute atomic E-state index is 4.71. The summed E-state index contributed by atoms with van der Waals surface area (Å²) in [5.41, 5.74) is 4.47. The Bertz CT molecular complexity index is 1320. The van der Waals surface area contributed by atoms with Crippen LogP contribution in [0.15, 0.2) is 101 Å². The van der Waals surface area contributed by atoms with Crippen LogP contribution in [-0.4, -0.2) is 78.1 Å². The third kappa shape index (κ3) is 6.13. The summed E-state index contributed by atoms with van der Waals surface area (Å²) in [5, 5.41) is 14.0. The van der Waals surface area contributed by atoms with E-state index in [2.05, 4.69) is 104 Å². The first-order valence-electron chi connectivity index (χ1n) is 14.6. The SMILES string of the molecule is CCN(CC[N+]12CCN(CC1)CC2)c1ccc(N=Nc2n(Cc3ccccc3)nc[n+]2Cc2ccccc2)cc1. The van der Waals surface area contributed by atoms with Crippen LogP contribution < -0.4 is 9.47 Å². The highest BCUT2D eigenvalue weighted by Crippen LogP contribution is 2.24. The molecule has 4 aromatic rings. The van der Waals surface area contributed by atoms with Gasteiger partial charge in [-0.3, -0.25) is 4.90 Å². The predicted octanol–water partition coefficient (Wildman–Crippen LogP) is 4.65. The standard InChI is InChI=1S/C32H40N8/c1-2-37(20-24-40-21-17-36(18-22-40)19-23-40)31-15-13-30(14-16-31)34-35-32-38(25-28-9-5-3-6-10-28)27-33-39(32)26-29-11-7-4-8-12-29/h3-16,27H,2,17-26H2,1H3/q+2. The first-order chi connectivity index (χ1) is 19.7. The van der Waals surface area contributed by atoms with Crippen LogP contribution in [0.3, 0.4) is 0 Å². The van der Waals surface area contributed by atoms with Gasteiger partial charge in [0.25, 0.3) is 0 Å². The summed E-state index contributed by atoms with van der Waals surface area (Å²) < 4.78 is 5.27. The van der Waals surface area contributed by atoms with E-state index < -0.39 is 0 Å². The molecule has 8 nitrogen and oxygen atoms in total. The van der Waals surface area contributed by atoms with Gasteiger partial charge in [0.2, 0.25) is 6.33 Å². The summed E-state index contributed by atoms with van der Waals surface area (Å²) in [5.74, 6) is 0.725. The van der Waals surface area contributed by atoms with Crippen molar-refractivity contribution >= 4 is 17.3 Å². The second kappa shape index (κ2) is 12.1. The van der Waals surface area contributed by atoms with Crippen molar-refractivity contribution in [1.82, 2.24) is 14.7 Å². The highest BCUT2D eigenvalue weighted by atomic mass is 15.5. The molecule has 0 spiro atoms. The number of aromatic nitrogens is 3. The molecule has 0 radical (unpaired) electrons. The van der Waals surface area contributed by atoms with E-state index in [-0.39, 0.29) is 0 Å². The van der Waals surface area contributed by atoms with E-state index in [0.717, 1.165) is 24.7 Å². The number of hydrogen-bond donors (Lipinski definition) is 0. The van der Waals surface area contributed by atoms with E-state index in [9.17, 15) is 0 Å². The van der Waals surface area contributed by atoms with Gasteiger partial charge in [0.1, 0.15) is 6.54 Å². The molecule has 8 heteroatoms. The molecule has 0 aliphatic carbocycles. The van der Waals surface area contributed by atoms with E-state index in [1.807, 2.05) is 23.1 Å². The number of azo groups is 1. The Morgan fingerprint density at radius 3 is 2.12 bits per heavy atom. The molecule has 4 heterocycles. The van der Waals surface area contributed by atoms with E-state index in [1.54, 1.807) is 0 Å². The molecule has 0 atom stereocenters. The van der Waals surface area contributed by atoms with Gasteiger partial charge in [-0.15, -0.1) is 4.68 Å². The molecule has 0 N–H and O–H groups in total. The van der Waals surface area contributed by atoms with Gasteiger partial charge in [-0.1, -0.05) is 65.8 Å². The van der Waals surface area contributed by atoms with Crippen LogP contribution in [0.25, 0.3) is 0 Å². The molecule has 1 aromatic heterocycles. The van der Waals surface area contributed by atoms with Crippen molar-refractivity contribution in [2.75, 3.05) is 63.8 Å². The van der Waals surface area contributed by atoms with Crippen LogP contribution in [0.1, 0.15) is 18.1 Å². The van der Waals surface area contributed by atoms with E-state index in [1.165, 1.54) is 67.1 Å². The number of piperazine rings is 3. The lowest BCUT2D eigenvalue weighted by molar-refractivity contribution is -0.939. The lowest BCUT2D eigenvalue weighted by atomic mass is 10.1. The van der Waals surface area contributed by atoms with Crippen molar-refractivity contribution in [2.45, 2.75) is 20.0 Å². The highest BCUT2D eigenvalue weighted by Gasteiger charge is 2.38. The lowest BCUT2D eigenvalue weighted by Gasteiger charge is -2.51. The predicted molar refractivity (Wildman–Crippen MR) is 158 cm³/mol. The van der Waals surface area contributed by atoms with Gasteiger partial charge in [-0.25, -0.2) is 4.57 Å². The second-order valence-electron chi connectivity index (χ2n) is 11.1. The first-order valence-corrected chi connectivity index (χ1v) is 14.6. The molecule has 206 valence electrons. The fraction of sp³-hybridized carbons (Fsp3) is 0.375. The minimum absolute atomic E-state index is 0.638. The minimum atomic E-state index is 0.638. The molecule has 3 fully saturated rings. The Balaban J connectivity index is 1.17. The van der Waals surface area contributed by atoms with Gasteiger partial charge < -0.3 is 9.38 Å². The third-order valence-corrected chi connectivity index (χ3v) is 8.56. The topological polar surface area (TPSA) is 52.9 Å². The van der Waals surface area contributed by atoms with Gasteiger partial charge in [0, 0.05) is 37.0 Å². The first kappa shape index (κ1) is 26.3. The summed E-state index contributed by atoms with van der Waals surface area (Å²) in [6, 6.07) is 29.3. The van der Waals surface area contributed by atoms with Gasteiger partial charge in [-0.05, 0) is 47.4 Å². The Kier molecular flexibility index (Phi) is 7.97. The minimum Gasteiger partial charge on any atom is -0.366 e. The number of hydrogen-bond acceptors (Lipinski definition) is 5. The summed E-state index contributed by atoms with van der Waals surface area (Å²) >= 11 is 0. The van der Waals surface area contributed by atoms with Crippen LogP contribution in [0.4, 0.5) is 17.3 Å². The number of quaternary nitrogens is 1. The zero-order valence-corrected chi connectivity index (χ0v) is 23.5. The van der Waals surface area contributed by atoms with Crippen molar-refractivity contribution in [3.63, 3.8) is 0 Å². The number of benzene rings is 3. The van der Waals surface area contributed by atoms with Crippen molar-refractivity contribution in [3.8, 4) is 0 Å². The third-order valence-electron chi connectivity index (χ3n) is 8.56. The molecule has 3 saturated heterocycles. The second-order valence-corrected chi connectivity index (χ2v) is 11.1. The average molecular weight is 537 g/mol. The smallest absolute Gasteiger partial charge is 0.366 e. The van der Waals surface area contributed by atoms with E-state index in [0.29, 0.717) is 13.1 Å². The highest BCUT2D eigenvalue weighted by molar-refractivity contribution is 5.52. The molecule has 40 heavy (non-hydrogen) atoms. The van der Waals surface area contributed by atoms with Crippen LogP contribution in [0.5, 0.6) is 0 Å². The molecule has 0 unspecified atom stereocenters. The van der Waals surface area contributed by atoms with Crippen molar-refractivity contribution in [1.29, 1.82) is 0 Å². The largest absolute Gasteiger partial charge is 0.404 e. The van der Waals surface area contributed by atoms with E-state index in [4.69, 9.17) is 5.11 Å². The fourth-order valence-corrected chi connectivity index (χ4v) is 5.95. The molecular formula is C32H40N8+2. The Morgan fingerprint density at radius 1 is 0.825 bits per heavy atom. The maximum atomic E-state index is 4.71. The Labute approximate surface area is 237 Å². The Hall–Kier alpha value is -3.88. The number of rotatable bonds is 11. The molecule has 3 aromatic carbocycles. The quantitative estimate of drug-likeness (QED) is 0.159. The van der Waals surface area contributed by atoms with Crippen LogP contribution in [-0.2, 0) is 13.1 Å². The summed E-state index contributed by atoms with van der Waals surface area (Å²) in [7, 11) is 0. The normalized spacial score (nSPS) is 20.3. The van der Waals surface area contributed by atoms with Crippen molar-refractivity contribution in [2.24, 2.45) is 10.2 Å². The molecule has 0 amide bonds. The summed E-state index contributed by atoms with van der Waals surface area (Å²) in [6.45, 7) is 14.6. The molecule has 7 rings (SSSR count). The molecule has 3 aliphatic rings.